The van der Waals surface area contributed by atoms with Crippen LogP contribution in [0.15, 0.2) is 84.0 Å². The molecule has 2 amide bonds. The van der Waals surface area contributed by atoms with Crippen molar-refractivity contribution in [1.29, 1.82) is 0 Å². The van der Waals surface area contributed by atoms with E-state index in [0.717, 1.165) is 17.3 Å². The van der Waals surface area contributed by atoms with E-state index in [-0.39, 0.29) is 17.6 Å². The molecule has 142 valence electrons. The zero-order chi connectivity index (χ0) is 19.8. The maximum absolute atomic E-state index is 12.5. The Bertz CT molecular complexity index is 964. The van der Waals surface area contributed by atoms with Gasteiger partial charge in [0.1, 0.15) is 0 Å². The molecule has 0 aliphatic carbocycles. The summed E-state index contributed by atoms with van der Waals surface area (Å²) in [6.45, 7) is 0.398. The number of amides is 2. The van der Waals surface area contributed by atoms with E-state index in [4.69, 9.17) is 0 Å². The predicted molar refractivity (Wildman–Crippen MR) is 109 cm³/mol. The van der Waals surface area contributed by atoms with Gasteiger partial charge in [-0.25, -0.2) is 0 Å². The van der Waals surface area contributed by atoms with Crippen LogP contribution in [-0.2, 0) is 11.3 Å². The van der Waals surface area contributed by atoms with Crippen LogP contribution < -0.4 is 15.4 Å². The molecule has 2 aromatic carbocycles. The van der Waals surface area contributed by atoms with Gasteiger partial charge in [-0.15, -0.1) is 0 Å². The first-order valence-electron chi connectivity index (χ1n) is 8.65. The third-order valence-corrected chi connectivity index (χ3v) is 4.90. The summed E-state index contributed by atoms with van der Waals surface area (Å²) >= 11 is 1.13. The molecular weight excluding hydrogens is 374 g/mol. The van der Waals surface area contributed by atoms with Crippen LogP contribution >= 0.6 is 11.8 Å². The van der Waals surface area contributed by atoms with Crippen molar-refractivity contribution in [3.63, 3.8) is 0 Å². The summed E-state index contributed by atoms with van der Waals surface area (Å²) in [5, 5.41) is 17.7. The fourth-order valence-electron chi connectivity index (χ4n) is 2.51. The number of nitrogens with zero attached hydrogens (tertiary/aromatic N) is 1. The zero-order valence-electron chi connectivity index (χ0n) is 15.0. The Hall–Kier alpha value is -3.32. The van der Waals surface area contributed by atoms with Gasteiger partial charge in [0.05, 0.1) is 17.0 Å². The number of thioether (sulfide) groups is 1. The second kappa shape index (κ2) is 9.57. The van der Waals surface area contributed by atoms with E-state index in [1.54, 1.807) is 42.5 Å². The molecule has 1 aromatic heterocycles. The van der Waals surface area contributed by atoms with Gasteiger partial charge < -0.3 is 15.8 Å². The summed E-state index contributed by atoms with van der Waals surface area (Å²) in [4.78, 5) is 24.8. The molecular formula is C21H19N3O3S. The van der Waals surface area contributed by atoms with Crippen molar-refractivity contribution in [1.82, 2.24) is 5.32 Å². The zero-order valence-corrected chi connectivity index (χ0v) is 15.8. The maximum atomic E-state index is 12.5. The Kier molecular flexibility index (Phi) is 6.64. The molecule has 28 heavy (non-hydrogen) atoms. The second-order valence-electron chi connectivity index (χ2n) is 5.92. The van der Waals surface area contributed by atoms with Gasteiger partial charge in [0.25, 0.3) is 10.9 Å². The lowest BCUT2D eigenvalue weighted by Crippen LogP contribution is -2.28. The largest absolute Gasteiger partial charge is 0.618 e. The second-order valence-corrected chi connectivity index (χ2v) is 6.91. The first kappa shape index (κ1) is 19.4. The minimum Gasteiger partial charge on any atom is -0.618 e. The van der Waals surface area contributed by atoms with Crippen molar-refractivity contribution in [3.8, 4) is 0 Å². The molecule has 0 fully saturated rings. The number of carbonyl (C=O) groups excluding carboxylic acids is 2. The fourth-order valence-corrected chi connectivity index (χ4v) is 3.23. The molecule has 0 bridgehead atoms. The lowest BCUT2D eigenvalue weighted by Gasteiger charge is -2.11. The van der Waals surface area contributed by atoms with E-state index in [0.29, 0.717) is 27.6 Å². The summed E-state index contributed by atoms with van der Waals surface area (Å²) in [6.07, 6.45) is 1.38. The molecule has 0 aliphatic heterocycles. The SMILES string of the molecule is O=C(CSc1cccc[n+]1[O-])Nc1ccccc1C(=O)NCc1ccccc1. The van der Waals surface area contributed by atoms with Crippen molar-refractivity contribution >= 4 is 29.3 Å². The van der Waals surface area contributed by atoms with E-state index < -0.39 is 0 Å². The molecule has 0 saturated heterocycles. The van der Waals surface area contributed by atoms with Gasteiger partial charge >= 0.3 is 0 Å². The Balaban J connectivity index is 1.60. The van der Waals surface area contributed by atoms with Gasteiger partial charge in [-0.05, 0) is 35.5 Å². The molecule has 0 saturated carbocycles. The number of carbonyl (C=O) groups is 2. The lowest BCUT2D eigenvalue weighted by molar-refractivity contribution is -0.645. The normalized spacial score (nSPS) is 10.3. The smallest absolute Gasteiger partial charge is 0.253 e. The van der Waals surface area contributed by atoms with Crippen molar-refractivity contribution in [2.24, 2.45) is 0 Å². The average molecular weight is 393 g/mol. The average Bonchev–Trinajstić information content (AvgIpc) is 2.72. The van der Waals surface area contributed by atoms with Crippen LogP contribution in [0.1, 0.15) is 15.9 Å². The van der Waals surface area contributed by atoms with Crippen LogP contribution in [0.25, 0.3) is 0 Å². The number of hydrogen-bond acceptors (Lipinski definition) is 4. The number of hydrogen-bond donors (Lipinski definition) is 2. The summed E-state index contributed by atoms with van der Waals surface area (Å²) < 4.78 is 0.711. The number of nitrogens with one attached hydrogen (secondary N) is 2. The van der Waals surface area contributed by atoms with Crippen molar-refractivity contribution in [2.45, 2.75) is 11.6 Å². The quantitative estimate of drug-likeness (QED) is 0.367. The maximum Gasteiger partial charge on any atom is 0.253 e. The molecule has 3 rings (SSSR count). The number of rotatable bonds is 7. The van der Waals surface area contributed by atoms with Gasteiger partial charge in [-0.1, -0.05) is 42.5 Å². The highest BCUT2D eigenvalue weighted by Crippen LogP contribution is 2.17. The highest BCUT2D eigenvalue weighted by atomic mass is 32.2. The molecule has 1 heterocycles. The Morgan fingerprint density at radius 1 is 0.929 bits per heavy atom. The van der Waals surface area contributed by atoms with E-state index in [9.17, 15) is 14.8 Å². The summed E-state index contributed by atoms with van der Waals surface area (Å²) in [7, 11) is 0. The molecule has 0 aliphatic rings. The van der Waals surface area contributed by atoms with Crippen LogP contribution in [0.3, 0.4) is 0 Å². The number of benzene rings is 2. The summed E-state index contributed by atoms with van der Waals surface area (Å²) in [5.74, 6) is -0.503. The van der Waals surface area contributed by atoms with Gasteiger partial charge in [0, 0.05) is 18.7 Å². The molecule has 0 spiro atoms. The van der Waals surface area contributed by atoms with Crippen LogP contribution in [0.2, 0.25) is 0 Å². The summed E-state index contributed by atoms with van der Waals surface area (Å²) in [5.41, 5.74) is 1.81. The van der Waals surface area contributed by atoms with Crippen molar-refractivity contribution in [2.75, 3.05) is 11.1 Å². The molecule has 0 atom stereocenters. The number of para-hydroxylation sites is 1. The van der Waals surface area contributed by atoms with Crippen LogP contribution in [0.4, 0.5) is 5.69 Å². The molecule has 7 heteroatoms. The third-order valence-electron chi connectivity index (χ3n) is 3.88. The number of anilines is 1. The number of aromatic nitrogens is 1. The monoisotopic (exact) mass is 393 g/mol. The third kappa shape index (κ3) is 5.34. The minimum absolute atomic E-state index is 0.0617. The molecule has 0 unspecified atom stereocenters. The fraction of sp³-hybridized carbons (Fsp3) is 0.0952. The molecule has 0 radical (unpaired) electrons. The van der Waals surface area contributed by atoms with E-state index in [1.807, 2.05) is 30.3 Å². The molecule has 6 nitrogen and oxygen atoms in total. The van der Waals surface area contributed by atoms with Crippen molar-refractivity contribution in [3.05, 3.63) is 95.3 Å². The standard InChI is InChI=1S/C21H19N3O3S/c25-19(15-28-20-12-6-7-13-24(20)27)23-18-11-5-4-10-17(18)21(26)22-14-16-8-2-1-3-9-16/h1-13H,14-15H2,(H,22,26)(H,23,25). The predicted octanol–water partition coefficient (Wildman–Crippen LogP) is 2.98. The van der Waals surface area contributed by atoms with Gasteiger partial charge in [-0.3, -0.25) is 9.59 Å². The molecule has 2 N–H and O–H groups in total. The topological polar surface area (TPSA) is 85.1 Å². The van der Waals surface area contributed by atoms with E-state index in [2.05, 4.69) is 10.6 Å². The Morgan fingerprint density at radius 3 is 2.43 bits per heavy atom. The van der Waals surface area contributed by atoms with Crippen LogP contribution in [0.5, 0.6) is 0 Å². The first-order chi connectivity index (χ1) is 13.6. The van der Waals surface area contributed by atoms with Crippen LogP contribution in [0, 0.1) is 5.21 Å². The van der Waals surface area contributed by atoms with Gasteiger partial charge in [0.15, 0.2) is 6.20 Å². The highest BCUT2D eigenvalue weighted by molar-refractivity contribution is 7.99. The summed E-state index contributed by atoms with van der Waals surface area (Å²) in [6, 6.07) is 21.4. The van der Waals surface area contributed by atoms with E-state index in [1.165, 1.54) is 6.20 Å². The lowest BCUT2D eigenvalue weighted by atomic mass is 10.1. The number of pyridine rings is 1. The Morgan fingerprint density at radius 2 is 1.64 bits per heavy atom. The van der Waals surface area contributed by atoms with Crippen molar-refractivity contribution < 1.29 is 14.3 Å². The van der Waals surface area contributed by atoms with Crippen LogP contribution in [-0.4, -0.2) is 17.6 Å². The van der Waals surface area contributed by atoms with Gasteiger partial charge in [0.2, 0.25) is 5.91 Å². The minimum atomic E-state index is -0.294. The molecule has 3 aromatic rings. The Labute approximate surface area is 167 Å². The van der Waals surface area contributed by atoms with E-state index >= 15 is 0 Å². The first-order valence-corrected chi connectivity index (χ1v) is 9.64. The van der Waals surface area contributed by atoms with Gasteiger partial charge in [-0.2, -0.15) is 4.73 Å². The highest BCUT2D eigenvalue weighted by Gasteiger charge is 2.14.